The number of benzene rings is 2. The number of hydrogen-bond donors (Lipinski definition) is 1. The summed E-state index contributed by atoms with van der Waals surface area (Å²) in [6.45, 7) is 0.603. The Morgan fingerprint density at radius 1 is 1.05 bits per heavy atom. The van der Waals surface area contributed by atoms with Crippen molar-refractivity contribution in [3.05, 3.63) is 64.4 Å². The van der Waals surface area contributed by atoms with Gasteiger partial charge in [0.25, 0.3) is 0 Å². The lowest BCUT2D eigenvalue weighted by atomic mass is 10.1. The zero-order valence-electron chi connectivity index (χ0n) is 11.5. The second-order valence-electron chi connectivity index (χ2n) is 4.81. The number of rotatable bonds is 4. The smallest absolute Gasteiger partial charge is 0.152 e. The van der Waals surface area contributed by atoms with Crippen molar-refractivity contribution < 1.29 is 8.78 Å². The molecule has 0 aliphatic carbocycles. The van der Waals surface area contributed by atoms with Crippen LogP contribution in [0.1, 0.15) is 5.56 Å². The predicted octanol–water partition coefficient (Wildman–Crippen LogP) is 4.33. The van der Waals surface area contributed by atoms with Crippen LogP contribution in [-0.4, -0.2) is 16.5 Å². The van der Waals surface area contributed by atoms with Crippen LogP contribution >= 0.6 is 15.9 Å². The molecule has 3 rings (SSSR count). The number of nitrogens with zero attached hydrogens (tertiary/aromatic N) is 2. The highest BCUT2D eigenvalue weighted by atomic mass is 79.9. The van der Waals surface area contributed by atoms with Crippen molar-refractivity contribution in [2.45, 2.75) is 6.42 Å². The lowest BCUT2D eigenvalue weighted by Crippen LogP contribution is -2.07. The van der Waals surface area contributed by atoms with Gasteiger partial charge in [-0.15, -0.1) is 0 Å². The zero-order chi connectivity index (χ0) is 15.5. The minimum Gasteiger partial charge on any atom is -0.369 e. The van der Waals surface area contributed by atoms with Crippen molar-refractivity contribution in [1.29, 1.82) is 0 Å². The van der Waals surface area contributed by atoms with E-state index in [0.717, 1.165) is 22.5 Å². The van der Waals surface area contributed by atoms with Crippen molar-refractivity contribution in [3.63, 3.8) is 0 Å². The van der Waals surface area contributed by atoms with Gasteiger partial charge >= 0.3 is 0 Å². The molecule has 1 heterocycles. The van der Waals surface area contributed by atoms with Crippen LogP contribution < -0.4 is 5.32 Å². The molecular formula is C16H12BrF2N3. The summed E-state index contributed by atoms with van der Waals surface area (Å²) in [5, 5.41) is 3.45. The third-order valence-corrected chi connectivity index (χ3v) is 3.81. The molecule has 0 atom stereocenters. The zero-order valence-corrected chi connectivity index (χ0v) is 13.1. The van der Waals surface area contributed by atoms with Gasteiger partial charge in [-0.1, -0.05) is 28.1 Å². The van der Waals surface area contributed by atoms with Crippen molar-refractivity contribution >= 4 is 32.7 Å². The van der Waals surface area contributed by atoms with Gasteiger partial charge in [-0.05, 0) is 30.2 Å². The summed E-state index contributed by atoms with van der Waals surface area (Å²) in [5.74, 6) is -0.898. The maximum absolute atomic E-state index is 13.7. The minimum atomic E-state index is -0.687. The van der Waals surface area contributed by atoms with Gasteiger partial charge < -0.3 is 5.32 Å². The van der Waals surface area contributed by atoms with Crippen LogP contribution in [0.3, 0.4) is 0 Å². The monoisotopic (exact) mass is 363 g/mol. The van der Waals surface area contributed by atoms with Crippen molar-refractivity contribution in [2.24, 2.45) is 0 Å². The second kappa shape index (κ2) is 6.36. The standard InChI is InChI=1S/C16H12BrF2N3/c17-11-3-1-10(2-4-11)5-6-20-16-13-7-12(18)8-14(19)15(13)21-9-22-16/h1-4,7-9H,5-6H2,(H,20,21,22). The molecule has 112 valence electrons. The largest absolute Gasteiger partial charge is 0.369 e. The Morgan fingerprint density at radius 3 is 2.59 bits per heavy atom. The van der Waals surface area contributed by atoms with Crippen LogP contribution in [0, 0.1) is 11.6 Å². The van der Waals surface area contributed by atoms with Gasteiger partial charge in [0.15, 0.2) is 5.82 Å². The number of hydrogen-bond acceptors (Lipinski definition) is 3. The molecule has 3 nitrogen and oxygen atoms in total. The van der Waals surface area contributed by atoms with Gasteiger partial charge in [0, 0.05) is 22.5 Å². The van der Waals surface area contributed by atoms with Crippen molar-refractivity contribution in [2.75, 3.05) is 11.9 Å². The van der Waals surface area contributed by atoms with Crippen LogP contribution in [0.4, 0.5) is 14.6 Å². The molecular weight excluding hydrogens is 352 g/mol. The van der Waals surface area contributed by atoms with Crippen molar-refractivity contribution in [3.8, 4) is 0 Å². The third kappa shape index (κ3) is 3.22. The number of anilines is 1. The van der Waals surface area contributed by atoms with E-state index in [9.17, 15) is 8.78 Å². The van der Waals surface area contributed by atoms with Crippen LogP contribution in [0.2, 0.25) is 0 Å². The van der Waals surface area contributed by atoms with Crippen LogP contribution in [0.25, 0.3) is 10.9 Å². The fourth-order valence-corrected chi connectivity index (χ4v) is 2.47. The van der Waals surface area contributed by atoms with E-state index in [1.807, 2.05) is 24.3 Å². The molecule has 6 heteroatoms. The molecule has 0 unspecified atom stereocenters. The average molecular weight is 364 g/mol. The first-order chi connectivity index (χ1) is 10.6. The average Bonchev–Trinajstić information content (AvgIpc) is 2.50. The van der Waals surface area contributed by atoms with Crippen LogP contribution in [-0.2, 0) is 6.42 Å². The Balaban J connectivity index is 1.78. The molecule has 2 aromatic carbocycles. The Hall–Kier alpha value is -2.08. The van der Waals surface area contributed by atoms with Gasteiger partial charge in [0.2, 0.25) is 0 Å². The van der Waals surface area contributed by atoms with Gasteiger partial charge in [0.05, 0.1) is 0 Å². The number of aromatic nitrogens is 2. The molecule has 0 bridgehead atoms. The third-order valence-electron chi connectivity index (χ3n) is 3.28. The topological polar surface area (TPSA) is 37.8 Å². The highest BCUT2D eigenvalue weighted by molar-refractivity contribution is 9.10. The summed E-state index contributed by atoms with van der Waals surface area (Å²) in [4.78, 5) is 7.93. The molecule has 0 radical (unpaired) electrons. The first kappa shape index (κ1) is 14.8. The maximum atomic E-state index is 13.7. The Labute approximate surface area is 134 Å². The van der Waals surface area contributed by atoms with Gasteiger partial charge in [0.1, 0.15) is 23.5 Å². The Kier molecular flexibility index (Phi) is 4.29. The van der Waals surface area contributed by atoms with E-state index in [4.69, 9.17) is 0 Å². The van der Waals surface area contributed by atoms with E-state index in [0.29, 0.717) is 17.7 Å². The van der Waals surface area contributed by atoms with Gasteiger partial charge in [-0.3, -0.25) is 0 Å². The summed E-state index contributed by atoms with van der Waals surface area (Å²) in [5.41, 5.74) is 1.27. The highest BCUT2D eigenvalue weighted by Gasteiger charge is 2.09. The highest BCUT2D eigenvalue weighted by Crippen LogP contribution is 2.23. The van der Waals surface area contributed by atoms with Crippen LogP contribution in [0.15, 0.2) is 47.2 Å². The van der Waals surface area contributed by atoms with Gasteiger partial charge in [-0.25, -0.2) is 18.7 Å². The normalized spacial score (nSPS) is 10.9. The fourth-order valence-electron chi connectivity index (χ4n) is 2.21. The molecule has 3 aromatic rings. The predicted molar refractivity (Wildman–Crippen MR) is 85.8 cm³/mol. The summed E-state index contributed by atoms with van der Waals surface area (Å²) < 4.78 is 28.1. The molecule has 0 aliphatic heterocycles. The number of halogens is 3. The lowest BCUT2D eigenvalue weighted by Gasteiger charge is -2.09. The molecule has 0 spiro atoms. The van der Waals surface area contributed by atoms with E-state index in [1.165, 1.54) is 12.4 Å². The number of nitrogens with one attached hydrogen (secondary N) is 1. The molecule has 0 saturated carbocycles. The summed E-state index contributed by atoms with van der Waals surface area (Å²) in [7, 11) is 0. The lowest BCUT2D eigenvalue weighted by molar-refractivity contribution is 0.590. The molecule has 0 fully saturated rings. The Morgan fingerprint density at radius 2 is 1.82 bits per heavy atom. The van der Waals surface area contributed by atoms with Gasteiger partial charge in [-0.2, -0.15) is 0 Å². The molecule has 0 saturated heterocycles. The summed E-state index contributed by atoms with van der Waals surface area (Å²) >= 11 is 3.39. The molecule has 1 N–H and O–H groups in total. The first-order valence-electron chi connectivity index (χ1n) is 6.71. The summed E-state index contributed by atoms with van der Waals surface area (Å²) in [6.07, 6.45) is 2.04. The summed E-state index contributed by atoms with van der Waals surface area (Å²) in [6, 6.07) is 10.0. The van der Waals surface area contributed by atoms with E-state index in [-0.39, 0.29) is 5.52 Å². The quantitative estimate of drug-likeness (QED) is 0.749. The van der Waals surface area contributed by atoms with E-state index in [1.54, 1.807) is 0 Å². The molecule has 1 aromatic heterocycles. The Bertz CT molecular complexity index is 806. The van der Waals surface area contributed by atoms with E-state index in [2.05, 4.69) is 31.2 Å². The first-order valence-corrected chi connectivity index (χ1v) is 7.51. The second-order valence-corrected chi connectivity index (χ2v) is 5.72. The fraction of sp³-hybridized carbons (Fsp3) is 0.125. The maximum Gasteiger partial charge on any atom is 0.152 e. The minimum absolute atomic E-state index is 0.113. The molecule has 0 amide bonds. The van der Waals surface area contributed by atoms with Crippen LogP contribution in [0.5, 0.6) is 0 Å². The van der Waals surface area contributed by atoms with Crippen molar-refractivity contribution in [1.82, 2.24) is 9.97 Å². The van der Waals surface area contributed by atoms with E-state index >= 15 is 0 Å². The molecule has 22 heavy (non-hydrogen) atoms. The molecule has 0 aliphatic rings. The number of fused-ring (bicyclic) bond motifs is 1. The van der Waals surface area contributed by atoms with E-state index < -0.39 is 11.6 Å². The SMILES string of the molecule is Fc1cc(F)c2ncnc(NCCc3ccc(Br)cc3)c2c1.